The van der Waals surface area contributed by atoms with Crippen molar-refractivity contribution in [1.82, 2.24) is 10.2 Å². The summed E-state index contributed by atoms with van der Waals surface area (Å²) in [6, 6.07) is 2.25. The van der Waals surface area contributed by atoms with Gasteiger partial charge in [0, 0.05) is 17.1 Å². The molecule has 3 rings (SSSR count). The van der Waals surface area contributed by atoms with Crippen LogP contribution in [-0.4, -0.2) is 21.9 Å². The number of nitrogens with zero attached hydrogens (tertiary/aromatic N) is 3. The second-order valence-corrected chi connectivity index (χ2v) is 8.54. The van der Waals surface area contributed by atoms with Crippen molar-refractivity contribution in [1.29, 1.82) is 5.26 Å². The normalized spacial score (nSPS) is 13.3. The summed E-state index contributed by atoms with van der Waals surface area (Å²) < 4.78 is 0.764. The molecule has 0 spiro atoms. The lowest BCUT2D eigenvalue weighted by atomic mass is 9.96. The SMILES string of the molecule is N#Cc1c(NC(=O)CCSc2nnc(N)s2)sc2c1CCCC2. The molecule has 1 aliphatic rings. The number of anilines is 2. The summed E-state index contributed by atoms with van der Waals surface area (Å²) in [7, 11) is 0. The fourth-order valence-corrected chi connectivity index (χ4v) is 5.37. The van der Waals surface area contributed by atoms with Crippen LogP contribution in [0.25, 0.3) is 0 Å². The van der Waals surface area contributed by atoms with Gasteiger partial charge in [-0.05, 0) is 31.2 Å². The number of hydrogen-bond donors (Lipinski definition) is 2. The monoisotopic (exact) mass is 365 g/mol. The van der Waals surface area contributed by atoms with Gasteiger partial charge in [-0.15, -0.1) is 21.5 Å². The number of nitrogens with one attached hydrogen (secondary N) is 1. The number of rotatable bonds is 5. The van der Waals surface area contributed by atoms with E-state index in [2.05, 4.69) is 21.6 Å². The largest absolute Gasteiger partial charge is 0.374 e. The first-order valence-corrected chi connectivity index (χ1v) is 9.85. The topological polar surface area (TPSA) is 105 Å². The van der Waals surface area contributed by atoms with Gasteiger partial charge in [0.25, 0.3) is 0 Å². The van der Waals surface area contributed by atoms with Crippen LogP contribution in [0, 0.1) is 11.3 Å². The van der Waals surface area contributed by atoms with Crippen LogP contribution in [0.3, 0.4) is 0 Å². The van der Waals surface area contributed by atoms with Gasteiger partial charge in [-0.25, -0.2) is 0 Å². The molecule has 120 valence electrons. The number of aryl methyl sites for hydroxylation is 1. The van der Waals surface area contributed by atoms with Crippen LogP contribution in [0.1, 0.15) is 35.3 Å². The predicted molar refractivity (Wildman–Crippen MR) is 94.0 cm³/mol. The summed E-state index contributed by atoms with van der Waals surface area (Å²) in [5, 5.41) is 21.0. The van der Waals surface area contributed by atoms with Crippen molar-refractivity contribution in [3.8, 4) is 6.07 Å². The zero-order valence-corrected chi connectivity index (χ0v) is 14.7. The molecule has 2 aromatic rings. The molecular formula is C14H15N5OS3. The second-order valence-electron chi connectivity index (χ2n) is 5.08. The first-order valence-electron chi connectivity index (χ1n) is 7.23. The van der Waals surface area contributed by atoms with Crippen molar-refractivity contribution in [2.75, 3.05) is 16.8 Å². The highest BCUT2D eigenvalue weighted by Gasteiger charge is 2.21. The van der Waals surface area contributed by atoms with Gasteiger partial charge in [0.05, 0.1) is 5.56 Å². The van der Waals surface area contributed by atoms with Gasteiger partial charge < -0.3 is 11.1 Å². The molecule has 0 bridgehead atoms. The molecule has 2 aromatic heterocycles. The second kappa shape index (κ2) is 7.29. The van der Waals surface area contributed by atoms with E-state index in [1.54, 1.807) is 11.3 Å². The molecule has 2 heterocycles. The molecule has 23 heavy (non-hydrogen) atoms. The van der Waals surface area contributed by atoms with E-state index >= 15 is 0 Å². The molecule has 0 saturated heterocycles. The molecule has 0 atom stereocenters. The van der Waals surface area contributed by atoms with Crippen molar-refractivity contribution in [2.24, 2.45) is 0 Å². The Morgan fingerprint density at radius 1 is 1.35 bits per heavy atom. The molecule has 1 amide bonds. The quantitative estimate of drug-likeness (QED) is 0.789. The Hall–Kier alpha value is -1.63. The number of nitrogen functional groups attached to an aromatic ring is 1. The third kappa shape index (κ3) is 3.83. The minimum atomic E-state index is -0.0786. The molecule has 0 fully saturated rings. The van der Waals surface area contributed by atoms with Gasteiger partial charge in [-0.2, -0.15) is 5.26 Å². The van der Waals surface area contributed by atoms with Gasteiger partial charge in [0.1, 0.15) is 11.1 Å². The number of aromatic nitrogens is 2. The van der Waals surface area contributed by atoms with Crippen molar-refractivity contribution in [3.63, 3.8) is 0 Å². The molecule has 0 radical (unpaired) electrons. The first kappa shape index (κ1) is 16.2. The minimum Gasteiger partial charge on any atom is -0.374 e. The Bertz CT molecular complexity index is 761. The number of carbonyl (C=O) groups is 1. The Balaban J connectivity index is 1.57. The minimum absolute atomic E-state index is 0.0786. The number of hydrogen-bond acceptors (Lipinski definition) is 8. The molecular weight excluding hydrogens is 350 g/mol. The predicted octanol–water partition coefficient (Wildman–Crippen LogP) is 3.05. The summed E-state index contributed by atoms with van der Waals surface area (Å²) in [4.78, 5) is 13.4. The van der Waals surface area contributed by atoms with E-state index in [0.717, 1.165) is 35.6 Å². The van der Waals surface area contributed by atoms with E-state index in [9.17, 15) is 10.1 Å². The molecule has 0 aromatic carbocycles. The van der Waals surface area contributed by atoms with Gasteiger partial charge in [0.15, 0.2) is 4.34 Å². The van der Waals surface area contributed by atoms with E-state index in [0.29, 0.717) is 27.9 Å². The number of carbonyl (C=O) groups excluding carboxylic acids is 1. The smallest absolute Gasteiger partial charge is 0.225 e. The highest BCUT2D eigenvalue weighted by Crippen LogP contribution is 2.37. The van der Waals surface area contributed by atoms with E-state index < -0.39 is 0 Å². The van der Waals surface area contributed by atoms with Crippen LogP contribution in [0.15, 0.2) is 4.34 Å². The lowest BCUT2D eigenvalue weighted by Gasteiger charge is -2.09. The van der Waals surface area contributed by atoms with Crippen molar-refractivity contribution in [3.05, 3.63) is 16.0 Å². The first-order chi connectivity index (χ1) is 11.2. The summed E-state index contributed by atoms with van der Waals surface area (Å²) >= 11 is 4.32. The fraction of sp³-hybridized carbons (Fsp3) is 0.429. The number of amides is 1. The van der Waals surface area contributed by atoms with E-state index in [1.165, 1.54) is 28.0 Å². The van der Waals surface area contributed by atoms with E-state index in [-0.39, 0.29) is 5.91 Å². The van der Waals surface area contributed by atoms with E-state index in [1.807, 2.05) is 0 Å². The molecule has 1 aliphatic carbocycles. The Labute approximate surface area is 146 Å². The van der Waals surface area contributed by atoms with Crippen LogP contribution in [0.2, 0.25) is 0 Å². The van der Waals surface area contributed by atoms with Gasteiger partial charge >= 0.3 is 0 Å². The Morgan fingerprint density at radius 2 is 2.17 bits per heavy atom. The van der Waals surface area contributed by atoms with Crippen molar-refractivity contribution >= 4 is 50.5 Å². The maximum absolute atomic E-state index is 12.1. The maximum atomic E-state index is 12.1. The van der Waals surface area contributed by atoms with Crippen LogP contribution < -0.4 is 11.1 Å². The summed E-state index contributed by atoms with van der Waals surface area (Å²) in [6.45, 7) is 0. The zero-order valence-electron chi connectivity index (χ0n) is 12.3. The summed E-state index contributed by atoms with van der Waals surface area (Å²) in [6.07, 6.45) is 4.59. The molecule has 9 heteroatoms. The van der Waals surface area contributed by atoms with Crippen molar-refractivity contribution in [2.45, 2.75) is 36.4 Å². The van der Waals surface area contributed by atoms with E-state index in [4.69, 9.17) is 5.73 Å². The molecule has 0 unspecified atom stereocenters. The van der Waals surface area contributed by atoms with Crippen LogP contribution in [0.5, 0.6) is 0 Å². The molecule has 6 nitrogen and oxygen atoms in total. The Kier molecular flexibility index (Phi) is 5.15. The van der Waals surface area contributed by atoms with Gasteiger partial charge in [0.2, 0.25) is 11.0 Å². The van der Waals surface area contributed by atoms with Gasteiger partial charge in [-0.1, -0.05) is 23.1 Å². The zero-order chi connectivity index (χ0) is 16.2. The average Bonchev–Trinajstić information content (AvgIpc) is 3.10. The van der Waals surface area contributed by atoms with Crippen molar-refractivity contribution < 1.29 is 4.79 Å². The third-order valence-corrected chi connectivity index (χ3v) is 6.61. The van der Waals surface area contributed by atoms with Crippen LogP contribution in [0.4, 0.5) is 10.1 Å². The lowest BCUT2D eigenvalue weighted by molar-refractivity contribution is -0.115. The van der Waals surface area contributed by atoms with Crippen LogP contribution in [-0.2, 0) is 17.6 Å². The molecule has 0 aliphatic heterocycles. The standard InChI is InChI=1S/C14H15N5OS3/c15-7-9-8-3-1-2-4-10(8)22-12(9)17-11(20)5-6-21-14-19-18-13(16)23-14/h1-6H2,(H2,16,18)(H,17,20). The molecule has 0 saturated carbocycles. The number of nitrogens with two attached hydrogens (primary N) is 1. The van der Waals surface area contributed by atoms with Crippen LogP contribution >= 0.6 is 34.4 Å². The number of fused-ring (bicyclic) bond motifs is 1. The number of thiophene rings is 1. The maximum Gasteiger partial charge on any atom is 0.225 e. The Morgan fingerprint density at radius 3 is 2.91 bits per heavy atom. The molecule has 3 N–H and O–H groups in total. The third-order valence-electron chi connectivity index (χ3n) is 3.51. The number of thioether (sulfide) groups is 1. The van der Waals surface area contributed by atoms with Gasteiger partial charge in [-0.3, -0.25) is 4.79 Å². The highest BCUT2D eigenvalue weighted by molar-refractivity contribution is 8.01. The fourth-order valence-electron chi connectivity index (χ4n) is 2.47. The lowest BCUT2D eigenvalue weighted by Crippen LogP contribution is -2.12. The highest BCUT2D eigenvalue weighted by atomic mass is 32.2. The summed E-state index contributed by atoms with van der Waals surface area (Å²) in [5.41, 5.74) is 7.31. The summed E-state index contributed by atoms with van der Waals surface area (Å²) in [5.74, 6) is 0.526. The number of nitriles is 1. The average molecular weight is 366 g/mol.